The Bertz CT molecular complexity index is 348. The van der Waals surface area contributed by atoms with Crippen LogP contribution in [0, 0.1) is 5.92 Å². The van der Waals surface area contributed by atoms with Gasteiger partial charge in [-0.05, 0) is 38.1 Å². The standard InChI is InChI=1S/C14H25N3/c1-4-9-17-10-8-15-13(17)14(11-12(2)3)6-5-7-16-14/h8,10,12,16H,4-7,9,11H2,1-3H3. The van der Waals surface area contributed by atoms with E-state index in [-0.39, 0.29) is 5.54 Å². The van der Waals surface area contributed by atoms with Gasteiger partial charge in [0.25, 0.3) is 0 Å². The molecule has 0 saturated carbocycles. The van der Waals surface area contributed by atoms with Crippen LogP contribution in [0.2, 0.25) is 0 Å². The molecule has 0 bridgehead atoms. The normalized spacial score (nSPS) is 24.7. The molecule has 2 rings (SSSR count). The lowest BCUT2D eigenvalue weighted by Crippen LogP contribution is -2.40. The molecular formula is C14H25N3. The summed E-state index contributed by atoms with van der Waals surface area (Å²) in [5.41, 5.74) is 0.132. The lowest BCUT2D eigenvalue weighted by molar-refractivity contribution is 0.283. The average Bonchev–Trinajstić information content (AvgIpc) is 2.87. The van der Waals surface area contributed by atoms with Crippen molar-refractivity contribution in [2.75, 3.05) is 6.54 Å². The third kappa shape index (κ3) is 2.54. The minimum absolute atomic E-state index is 0.132. The summed E-state index contributed by atoms with van der Waals surface area (Å²) in [7, 11) is 0. The van der Waals surface area contributed by atoms with Gasteiger partial charge in [-0.3, -0.25) is 0 Å². The summed E-state index contributed by atoms with van der Waals surface area (Å²) in [6, 6.07) is 0. The zero-order valence-electron chi connectivity index (χ0n) is 11.4. The van der Waals surface area contributed by atoms with E-state index >= 15 is 0 Å². The summed E-state index contributed by atoms with van der Waals surface area (Å²) >= 11 is 0. The maximum absolute atomic E-state index is 4.64. The van der Waals surface area contributed by atoms with Crippen molar-refractivity contribution in [3.05, 3.63) is 18.2 Å². The summed E-state index contributed by atoms with van der Waals surface area (Å²) < 4.78 is 2.33. The zero-order chi connectivity index (χ0) is 12.3. The highest BCUT2D eigenvalue weighted by molar-refractivity contribution is 5.12. The molecule has 0 aromatic carbocycles. The van der Waals surface area contributed by atoms with Crippen LogP contribution in [0.5, 0.6) is 0 Å². The van der Waals surface area contributed by atoms with Crippen LogP contribution in [0.25, 0.3) is 0 Å². The molecule has 1 atom stereocenters. The van der Waals surface area contributed by atoms with Gasteiger partial charge in [0.2, 0.25) is 0 Å². The van der Waals surface area contributed by atoms with Crippen molar-refractivity contribution < 1.29 is 0 Å². The molecule has 0 amide bonds. The molecule has 1 fully saturated rings. The maximum Gasteiger partial charge on any atom is 0.129 e. The van der Waals surface area contributed by atoms with Gasteiger partial charge in [-0.15, -0.1) is 0 Å². The Labute approximate surface area is 105 Å². The van der Waals surface area contributed by atoms with Gasteiger partial charge in [0.15, 0.2) is 0 Å². The number of imidazole rings is 1. The molecular weight excluding hydrogens is 210 g/mol. The summed E-state index contributed by atoms with van der Waals surface area (Å²) in [5.74, 6) is 1.96. The van der Waals surface area contributed by atoms with Gasteiger partial charge >= 0.3 is 0 Å². The monoisotopic (exact) mass is 235 g/mol. The fourth-order valence-electron chi connectivity index (χ4n) is 3.11. The molecule has 0 spiro atoms. The molecule has 0 aliphatic carbocycles. The first-order valence-electron chi connectivity index (χ1n) is 6.94. The second-order valence-electron chi connectivity index (χ2n) is 5.65. The van der Waals surface area contributed by atoms with E-state index in [4.69, 9.17) is 0 Å². The molecule has 2 heterocycles. The molecule has 1 saturated heterocycles. The molecule has 3 heteroatoms. The van der Waals surface area contributed by atoms with Crippen LogP contribution in [0.3, 0.4) is 0 Å². The second-order valence-corrected chi connectivity index (χ2v) is 5.65. The van der Waals surface area contributed by atoms with Gasteiger partial charge in [0.1, 0.15) is 5.82 Å². The molecule has 96 valence electrons. The molecule has 1 unspecified atom stereocenters. The van der Waals surface area contributed by atoms with Crippen LogP contribution in [-0.4, -0.2) is 16.1 Å². The Balaban J connectivity index is 2.28. The second kappa shape index (κ2) is 5.21. The van der Waals surface area contributed by atoms with Crippen LogP contribution in [-0.2, 0) is 12.1 Å². The van der Waals surface area contributed by atoms with E-state index in [0.29, 0.717) is 5.92 Å². The van der Waals surface area contributed by atoms with E-state index in [1.807, 2.05) is 6.20 Å². The average molecular weight is 235 g/mol. The summed E-state index contributed by atoms with van der Waals surface area (Å²) in [5, 5.41) is 3.72. The predicted molar refractivity (Wildman–Crippen MR) is 70.9 cm³/mol. The van der Waals surface area contributed by atoms with Gasteiger partial charge in [-0.2, -0.15) is 0 Å². The summed E-state index contributed by atoms with van der Waals surface area (Å²) in [4.78, 5) is 4.64. The highest BCUT2D eigenvalue weighted by atomic mass is 15.1. The third-order valence-corrected chi connectivity index (χ3v) is 3.61. The maximum atomic E-state index is 4.64. The first kappa shape index (κ1) is 12.6. The number of aryl methyl sites for hydroxylation is 1. The molecule has 1 N–H and O–H groups in total. The number of nitrogens with zero attached hydrogens (tertiary/aromatic N) is 2. The van der Waals surface area contributed by atoms with Crippen LogP contribution in [0.4, 0.5) is 0 Å². The third-order valence-electron chi connectivity index (χ3n) is 3.61. The first-order valence-corrected chi connectivity index (χ1v) is 6.94. The van der Waals surface area contributed by atoms with E-state index in [1.54, 1.807) is 0 Å². The number of hydrogen-bond donors (Lipinski definition) is 1. The van der Waals surface area contributed by atoms with E-state index in [0.717, 1.165) is 13.1 Å². The minimum Gasteiger partial charge on any atom is -0.333 e. The SMILES string of the molecule is CCCn1ccnc1C1(CC(C)C)CCCN1. The molecule has 3 nitrogen and oxygen atoms in total. The van der Waals surface area contributed by atoms with Crippen molar-refractivity contribution in [3.63, 3.8) is 0 Å². The smallest absolute Gasteiger partial charge is 0.129 e. The van der Waals surface area contributed by atoms with Crippen molar-refractivity contribution in [1.82, 2.24) is 14.9 Å². The fourth-order valence-corrected chi connectivity index (χ4v) is 3.11. The highest BCUT2D eigenvalue weighted by Gasteiger charge is 2.39. The van der Waals surface area contributed by atoms with Gasteiger partial charge in [-0.25, -0.2) is 4.98 Å². The fraction of sp³-hybridized carbons (Fsp3) is 0.786. The van der Waals surface area contributed by atoms with Gasteiger partial charge in [0.05, 0.1) is 5.54 Å². The lowest BCUT2D eigenvalue weighted by atomic mass is 9.86. The van der Waals surface area contributed by atoms with Crippen molar-refractivity contribution in [2.45, 2.75) is 58.5 Å². The van der Waals surface area contributed by atoms with Gasteiger partial charge in [-0.1, -0.05) is 20.8 Å². The van der Waals surface area contributed by atoms with Gasteiger partial charge in [0, 0.05) is 18.9 Å². The van der Waals surface area contributed by atoms with Crippen LogP contribution >= 0.6 is 0 Å². The lowest BCUT2D eigenvalue weighted by Gasteiger charge is -2.31. The first-order chi connectivity index (χ1) is 8.18. The molecule has 1 aromatic rings. The Morgan fingerprint density at radius 1 is 1.53 bits per heavy atom. The number of rotatable bonds is 5. The van der Waals surface area contributed by atoms with Crippen LogP contribution in [0.1, 0.15) is 52.3 Å². The highest BCUT2D eigenvalue weighted by Crippen LogP contribution is 2.35. The minimum atomic E-state index is 0.132. The number of aromatic nitrogens is 2. The van der Waals surface area contributed by atoms with Crippen LogP contribution < -0.4 is 5.32 Å². The van der Waals surface area contributed by atoms with E-state index in [2.05, 4.69) is 41.8 Å². The van der Waals surface area contributed by atoms with Gasteiger partial charge < -0.3 is 9.88 Å². The van der Waals surface area contributed by atoms with Crippen molar-refractivity contribution in [3.8, 4) is 0 Å². The van der Waals surface area contributed by atoms with E-state index in [9.17, 15) is 0 Å². The van der Waals surface area contributed by atoms with Crippen molar-refractivity contribution in [1.29, 1.82) is 0 Å². The molecule has 1 aromatic heterocycles. The Morgan fingerprint density at radius 2 is 2.35 bits per heavy atom. The van der Waals surface area contributed by atoms with Crippen LogP contribution in [0.15, 0.2) is 12.4 Å². The number of hydrogen-bond acceptors (Lipinski definition) is 2. The predicted octanol–water partition coefficient (Wildman–Crippen LogP) is 2.92. The molecule has 1 aliphatic heterocycles. The largest absolute Gasteiger partial charge is 0.333 e. The molecule has 17 heavy (non-hydrogen) atoms. The number of nitrogens with one attached hydrogen (secondary N) is 1. The van der Waals surface area contributed by atoms with Crippen molar-refractivity contribution in [2.24, 2.45) is 5.92 Å². The van der Waals surface area contributed by atoms with E-state index < -0.39 is 0 Å². The topological polar surface area (TPSA) is 29.9 Å². The van der Waals surface area contributed by atoms with Crippen molar-refractivity contribution >= 4 is 0 Å². The summed E-state index contributed by atoms with van der Waals surface area (Å²) in [6.07, 6.45) is 8.93. The molecule has 0 radical (unpaired) electrons. The zero-order valence-corrected chi connectivity index (χ0v) is 11.4. The molecule has 1 aliphatic rings. The van der Waals surface area contributed by atoms with E-state index in [1.165, 1.54) is 31.5 Å². The Kier molecular flexibility index (Phi) is 3.87. The Morgan fingerprint density at radius 3 is 2.94 bits per heavy atom. The summed E-state index contributed by atoms with van der Waals surface area (Å²) in [6.45, 7) is 9.03. The quantitative estimate of drug-likeness (QED) is 0.850. The Hall–Kier alpha value is -0.830.